The summed E-state index contributed by atoms with van der Waals surface area (Å²) in [6, 6.07) is 3.95. The topological polar surface area (TPSA) is 72.3 Å². The molecule has 0 unspecified atom stereocenters. The Labute approximate surface area is 96.0 Å². The fourth-order valence-corrected chi connectivity index (χ4v) is 1.38. The molecule has 1 rings (SSSR count). The largest absolute Gasteiger partial charge is 0.405 e. The number of amides is 1. The first-order valence-electron chi connectivity index (χ1n) is 4.68. The van der Waals surface area contributed by atoms with Crippen LogP contribution in [0.1, 0.15) is 10.4 Å². The monoisotopic (exact) mass is 247 g/mol. The Kier molecular flexibility index (Phi) is 3.50. The molecule has 1 aromatic carbocycles. The summed E-state index contributed by atoms with van der Waals surface area (Å²) >= 11 is 0. The van der Waals surface area contributed by atoms with E-state index in [0.29, 0.717) is 0 Å². The molecule has 0 heterocycles. The molecule has 0 atom stereocenters. The Hall–Kier alpha value is -1.92. The fraction of sp³-hybridized carbons (Fsp3) is 0.300. The molecule has 0 saturated carbocycles. The van der Waals surface area contributed by atoms with Gasteiger partial charge in [-0.25, -0.2) is 0 Å². The van der Waals surface area contributed by atoms with Gasteiger partial charge in [0, 0.05) is 12.6 Å². The minimum absolute atomic E-state index is 0.114. The maximum Gasteiger partial charge on any atom is 0.405 e. The quantitative estimate of drug-likeness (QED) is 0.792. The predicted molar refractivity (Wildman–Crippen MR) is 58.7 cm³/mol. The molecule has 0 saturated heterocycles. The van der Waals surface area contributed by atoms with E-state index in [4.69, 9.17) is 11.5 Å². The molecule has 4 N–H and O–H groups in total. The summed E-state index contributed by atoms with van der Waals surface area (Å²) in [4.78, 5) is 11.8. The molecular weight excluding hydrogens is 235 g/mol. The van der Waals surface area contributed by atoms with Crippen LogP contribution in [0.2, 0.25) is 0 Å². The molecule has 0 aliphatic heterocycles. The second-order valence-electron chi connectivity index (χ2n) is 3.61. The van der Waals surface area contributed by atoms with Crippen molar-refractivity contribution in [2.75, 3.05) is 24.2 Å². The van der Waals surface area contributed by atoms with Gasteiger partial charge in [0.05, 0.1) is 11.4 Å². The first-order chi connectivity index (χ1) is 7.70. The van der Waals surface area contributed by atoms with E-state index >= 15 is 0 Å². The van der Waals surface area contributed by atoms with Gasteiger partial charge in [-0.1, -0.05) is 0 Å². The lowest BCUT2D eigenvalue weighted by Crippen LogP contribution is -2.31. The summed E-state index contributed by atoms with van der Waals surface area (Å²) in [6.07, 6.45) is -4.34. The number of anilines is 2. The van der Waals surface area contributed by atoms with Crippen LogP contribution < -0.4 is 16.4 Å². The molecular formula is C10H12F3N3O. The second kappa shape index (κ2) is 4.52. The highest BCUT2D eigenvalue weighted by Gasteiger charge is 2.30. The van der Waals surface area contributed by atoms with Gasteiger partial charge in [0.1, 0.15) is 6.54 Å². The molecule has 0 spiro atoms. The zero-order valence-electron chi connectivity index (χ0n) is 9.08. The van der Waals surface area contributed by atoms with Gasteiger partial charge in [-0.15, -0.1) is 0 Å². The molecule has 0 radical (unpaired) electrons. The number of rotatable bonds is 3. The number of nitrogens with zero attached hydrogens (tertiary/aromatic N) is 1. The minimum Gasteiger partial charge on any atom is -0.397 e. The number of halogens is 3. The molecule has 94 valence electrons. The van der Waals surface area contributed by atoms with Gasteiger partial charge in [0.15, 0.2) is 0 Å². The van der Waals surface area contributed by atoms with Crippen LogP contribution in [0.15, 0.2) is 18.2 Å². The lowest BCUT2D eigenvalue weighted by atomic mass is 10.1. The molecule has 0 aromatic heterocycles. The fourth-order valence-electron chi connectivity index (χ4n) is 1.38. The van der Waals surface area contributed by atoms with Crippen molar-refractivity contribution in [1.82, 2.24) is 0 Å². The van der Waals surface area contributed by atoms with Crippen molar-refractivity contribution < 1.29 is 18.0 Å². The zero-order chi connectivity index (χ0) is 13.2. The third-order valence-electron chi connectivity index (χ3n) is 2.14. The van der Waals surface area contributed by atoms with Gasteiger partial charge in [-0.2, -0.15) is 13.2 Å². The minimum atomic E-state index is -4.34. The SMILES string of the molecule is CN(CC(F)(F)F)c1cc(C(N)=O)ccc1N. The Morgan fingerprint density at radius 1 is 1.41 bits per heavy atom. The van der Waals surface area contributed by atoms with Crippen molar-refractivity contribution in [2.24, 2.45) is 5.73 Å². The second-order valence-corrected chi connectivity index (χ2v) is 3.61. The van der Waals surface area contributed by atoms with Crippen molar-refractivity contribution in [3.05, 3.63) is 23.8 Å². The van der Waals surface area contributed by atoms with E-state index in [1.807, 2.05) is 0 Å². The number of alkyl halides is 3. The van der Waals surface area contributed by atoms with Crippen LogP contribution in [-0.2, 0) is 0 Å². The number of benzene rings is 1. The van der Waals surface area contributed by atoms with Crippen LogP contribution in [0.5, 0.6) is 0 Å². The summed E-state index contributed by atoms with van der Waals surface area (Å²) < 4.78 is 36.6. The van der Waals surface area contributed by atoms with Crippen molar-refractivity contribution in [1.29, 1.82) is 0 Å². The van der Waals surface area contributed by atoms with E-state index in [-0.39, 0.29) is 16.9 Å². The Balaban J connectivity index is 3.04. The lowest BCUT2D eigenvalue weighted by Gasteiger charge is -2.22. The third kappa shape index (κ3) is 3.54. The Bertz CT molecular complexity index is 431. The van der Waals surface area contributed by atoms with Crippen molar-refractivity contribution >= 4 is 17.3 Å². The molecule has 7 heteroatoms. The average Bonchev–Trinajstić information content (AvgIpc) is 2.14. The molecule has 1 aromatic rings. The standard InChI is InChI=1S/C10H12F3N3O/c1-16(5-10(11,12)13)8-4-6(9(15)17)2-3-7(8)14/h2-4H,5,14H2,1H3,(H2,15,17). The van der Waals surface area contributed by atoms with Crippen LogP contribution in [0.25, 0.3) is 0 Å². The van der Waals surface area contributed by atoms with E-state index in [2.05, 4.69) is 0 Å². The summed E-state index contributed by atoms with van der Waals surface area (Å²) in [6.45, 7) is -1.15. The van der Waals surface area contributed by atoms with E-state index in [1.165, 1.54) is 25.2 Å². The number of nitrogens with two attached hydrogens (primary N) is 2. The van der Waals surface area contributed by atoms with E-state index in [9.17, 15) is 18.0 Å². The van der Waals surface area contributed by atoms with E-state index in [1.54, 1.807) is 0 Å². The van der Waals surface area contributed by atoms with Crippen molar-refractivity contribution in [3.63, 3.8) is 0 Å². The Morgan fingerprint density at radius 2 is 2.00 bits per heavy atom. The van der Waals surface area contributed by atoms with E-state index < -0.39 is 18.6 Å². The van der Waals surface area contributed by atoms with Gasteiger partial charge >= 0.3 is 6.18 Å². The third-order valence-corrected chi connectivity index (χ3v) is 2.14. The predicted octanol–water partition coefficient (Wildman–Crippen LogP) is 1.37. The zero-order valence-corrected chi connectivity index (χ0v) is 9.08. The molecule has 0 fully saturated rings. The van der Waals surface area contributed by atoms with Gasteiger partial charge in [-0.3, -0.25) is 4.79 Å². The summed E-state index contributed by atoms with van der Waals surface area (Å²) in [5.41, 5.74) is 11.0. The number of carbonyl (C=O) groups excluding carboxylic acids is 1. The number of hydrogen-bond acceptors (Lipinski definition) is 3. The normalized spacial score (nSPS) is 11.3. The average molecular weight is 247 g/mol. The van der Waals surface area contributed by atoms with E-state index in [0.717, 1.165) is 4.90 Å². The number of carbonyl (C=O) groups is 1. The molecule has 0 aliphatic carbocycles. The summed E-state index contributed by atoms with van der Waals surface area (Å²) in [5.74, 6) is -0.716. The number of primary amides is 1. The first-order valence-corrected chi connectivity index (χ1v) is 4.68. The smallest absolute Gasteiger partial charge is 0.397 e. The summed E-state index contributed by atoms with van der Waals surface area (Å²) in [7, 11) is 1.24. The maximum atomic E-state index is 12.2. The van der Waals surface area contributed by atoms with Crippen LogP contribution in [0.3, 0.4) is 0 Å². The molecule has 17 heavy (non-hydrogen) atoms. The maximum absolute atomic E-state index is 12.2. The van der Waals surface area contributed by atoms with Gasteiger partial charge in [-0.05, 0) is 18.2 Å². The van der Waals surface area contributed by atoms with Gasteiger partial charge in [0.2, 0.25) is 5.91 Å². The molecule has 1 amide bonds. The lowest BCUT2D eigenvalue weighted by molar-refractivity contribution is -0.119. The molecule has 4 nitrogen and oxygen atoms in total. The first kappa shape index (κ1) is 13.1. The molecule has 0 bridgehead atoms. The van der Waals surface area contributed by atoms with Crippen LogP contribution in [0, 0.1) is 0 Å². The highest BCUT2D eigenvalue weighted by molar-refractivity contribution is 5.95. The van der Waals surface area contributed by atoms with Crippen LogP contribution >= 0.6 is 0 Å². The number of nitrogen functional groups attached to an aromatic ring is 1. The van der Waals surface area contributed by atoms with Crippen LogP contribution in [-0.4, -0.2) is 25.7 Å². The number of hydrogen-bond donors (Lipinski definition) is 2. The highest BCUT2D eigenvalue weighted by Crippen LogP contribution is 2.26. The van der Waals surface area contributed by atoms with Crippen molar-refractivity contribution in [3.8, 4) is 0 Å². The summed E-state index contributed by atoms with van der Waals surface area (Å²) in [5, 5.41) is 0. The van der Waals surface area contributed by atoms with Gasteiger partial charge < -0.3 is 16.4 Å². The van der Waals surface area contributed by atoms with Gasteiger partial charge in [0.25, 0.3) is 0 Å². The Morgan fingerprint density at radius 3 is 2.47 bits per heavy atom. The molecule has 0 aliphatic rings. The van der Waals surface area contributed by atoms with Crippen molar-refractivity contribution in [2.45, 2.75) is 6.18 Å². The highest BCUT2D eigenvalue weighted by atomic mass is 19.4. The van der Waals surface area contributed by atoms with Crippen LogP contribution in [0.4, 0.5) is 24.5 Å².